The zero-order valence-electron chi connectivity index (χ0n) is 18.0. The number of nitrogens with one attached hydrogen (secondary N) is 1. The largest absolute Gasteiger partial charge is 0.351 e. The molecule has 0 aliphatic rings. The molecule has 4 rings (SSSR count). The molecule has 31 heavy (non-hydrogen) atoms. The smallest absolute Gasteiger partial charge is 0.255 e. The molecule has 1 amide bonds. The lowest BCUT2D eigenvalue weighted by molar-refractivity contribution is 0.0951. The zero-order valence-corrected chi connectivity index (χ0v) is 18.0. The van der Waals surface area contributed by atoms with Gasteiger partial charge in [0.25, 0.3) is 5.91 Å². The van der Waals surface area contributed by atoms with Crippen molar-refractivity contribution in [2.24, 2.45) is 0 Å². The van der Waals surface area contributed by atoms with Gasteiger partial charge in [0.1, 0.15) is 0 Å². The summed E-state index contributed by atoms with van der Waals surface area (Å²) >= 11 is 0. The standard InChI is InChI=1S/C27H27N3O/c1-20-26(21(2)30(29-20)19-22-12-6-3-7-13-22)27(31)28-18-25(23-14-8-4-9-15-23)24-16-10-5-11-17-24/h3-17,25H,18-19H2,1-2H3,(H,28,31). The van der Waals surface area contributed by atoms with Crippen molar-refractivity contribution in [3.8, 4) is 0 Å². The summed E-state index contributed by atoms with van der Waals surface area (Å²) in [5, 5.41) is 7.79. The molecule has 0 aliphatic heterocycles. The zero-order chi connectivity index (χ0) is 21.6. The summed E-state index contributed by atoms with van der Waals surface area (Å²) in [7, 11) is 0. The first kappa shape index (κ1) is 20.6. The van der Waals surface area contributed by atoms with Crippen LogP contribution in [0.25, 0.3) is 0 Å². The summed E-state index contributed by atoms with van der Waals surface area (Å²) in [6, 6.07) is 30.8. The van der Waals surface area contributed by atoms with Crippen molar-refractivity contribution in [2.45, 2.75) is 26.3 Å². The van der Waals surface area contributed by atoms with Crippen LogP contribution < -0.4 is 5.32 Å². The Hall–Kier alpha value is -3.66. The Balaban J connectivity index is 1.53. The van der Waals surface area contributed by atoms with Crippen molar-refractivity contribution < 1.29 is 4.79 Å². The van der Waals surface area contributed by atoms with Gasteiger partial charge < -0.3 is 5.32 Å². The topological polar surface area (TPSA) is 46.9 Å². The molecule has 1 aromatic heterocycles. The van der Waals surface area contributed by atoms with Crippen molar-refractivity contribution in [3.63, 3.8) is 0 Å². The van der Waals surface area contributed by atoms with E-state index in [0.717, 1.165) is 17.0 Å². The van der Waals surface area contributed by atoms with Gasteiger partial charge in [0.05, 0.1) is 17.8 Å². The molecule has 0 saturated heterocycles. The van der Waals surface area contributed by atoms with Crippen molar-refractivity contribution in [2.75, 3.05) is 6.54 Å². The molecule has 156 valence electrons. The van der Waals surface area contributed by atoms with Crippen LogP contribution in [0.2, 0.25) is 0 Å². The highest BCUT2D eigenvalue weighted by atomic mass is 16.1. The summed E-state index contributed by atoms with van der Waals surface area (Å²) in [5.74, 6) is 0.0116. The van der Waals surface area contributed by atoms with E-state index in [1.165, 1.54) is 11.1 Å². The minimum absolute atomic E-state index is 0.0776. The number of hydrogen-bond donors (Lipinski definition) is 1. The lowest BCUT2D eigenvalue weighted by Gasteiger charge is -2.19. The molecule has 0 saturated carbocycles. The molecule has 0 aliphatic carbocycles. The SMILES string of the molecule is Cc1nn(Cc2ccccc2)c(C)c1C(=O)NCC(c1ccccc1)c1ccccc1. The quantitative estimate of drug-likeness (QED) is 0.461. The molecule has 4 heteroatoms. The predicted molar refractivity (Wildman–Crippen MR) is 124 cm³/mol. The molecule has 1 N–H and O–H groups in total. The first-order valence-electron chi connectivity index (χ1n) is 10.6. The van der Waals surface area contributed by atoms with Gasteiger partial charge in [0, 0.05) is 18.2 Å². The summed E-state index contributed by atoms with van der Waals surface area (Å²) in [5.41, 5.74) is 5.82. The maximum atomic E-state index is 13.2. The number of aromatic nitrogens is 2. The van der Waals surface area contributed by atoms with Crippen molar-refractivity contribution >= 4 is 5.91 Å². The van der Waals surface area contributed by atoms with Crippen molar-refractivity contribution in [1.82, 2.24) is 15.1 Å². The van der Waals surface area contributed by atoms with Crippen molar-refractivity contribution in [1.29, 1.82) is 0 Å². The normalized spacial score (nSPS) is 10.9. The summed E-state index contributed by atoms with van der Waals surface area (Å²) in [6.07, 6.45) is 0. The average molecular weight is 410 g/mol. The van der Waals surface area contributed by atoms with E-state index >= 15 is 0 Å². The number of hydrogen-bond acceptors (Lipinski definition) is 2. The van der Waals surface area contributed by atoms with Gasteiger partial charge in [-0.15, -0.1) is 0 Å². The van der Waals surface area contributed by atoms with Gasteiger partial charge in [-0.05, 0) is 30.5 Å². The second-order valence-electron chi connectivity index (χ2n) is 7.77. The Morgan fingerprint density at radius 2 is 1.35 bits per heavy atom. The van der Waals surface area contributed by atoms with Crippen LogP contribution in [0.5, 0.6) is 0 Å². The van der Waals surface area contributed by atoms with Crippen LogP contribution in [-0.2, 0) is 6.54 Å². The molecule has 1 heterocycles. The Morgan fingerprint density at radius 1 is 0.839 bits per heavy atom. The fraction of sp³-hybridized carbons (Fsp3) is 0.185. The van der Waals surface area contributed by atoms with Gasteiger partial charge in [-0.1, -0.05) is 91.0 Å². The van der Waals surface area contributed by atoms with E-state index in [-0.39, 0.29) is 11.8 Å². The Kier molecular flexibility index (Phi) is 6.27. The summed E-state index contributed by atoms with van der Waals surface area (Å²) < 4.78 is 1.91. The fourth-order valence-corrected chi connectivity index (χ4v) is 4.02. The number of amides is 1. The third-order valence-electron chi connectivity index (χ3n) is 5.65. The second-order valence-corrected chi connectivity index (χ2v) is 7.77. The van der Waals surface area contributed by atoms with E-state index in [4.69, 9.17) is 0 Å². The molecule has 0 radical (unpaired) electrons. The van der Waals surface area contributed by atoms with Gasteiger partial charge in [-0.25, -0.2) is 0 Å². The van der Waals surface area contributed by atoms with Gasteiger partial charge in [0.2, 0.25) is 0 Å². The molecule has 3 aromatic carbocycles. The molecule has 0 bridgehead atoms. The van der Waals surface area contributed by atoms with Gasteiger partial charge >= 0.3 is 0 Å². The Labute approximate surface area is 183 Å². The van der Waals surface area contributed by atoms with Crippen LogP contribution in [-0.4, -0.2) is 22.2 Å². The highest BCUT2D eigenvalue weighted by molar-refractivity contribution is 5.96. The molecule has 4 nitrogen and oxygen atoms in total. The second kappa shape index (κ2) is 9.43. The minimum atomic E-state index is -0.0776. The van der Waals surface area contributed by atoms with Crippen LogP contribution in [0.1, 0.15) is 44.4 Å². The van der Waals surface area contributed by atoms with Crippen LogP contribution >= 0.6 is 0 Å². The van der Waals surface area contributed by atoms with E-state index in [9.17, 15) is 4.79 Å². The molecule has 4 aromatic rings. The highest BCUT2D eigenvalue weighted by Crippen LogP contribution is 2.24. The number of carbonyl (C=O) groups is 1. The van der Waals surface area contributed by atoms with E-state index in [1.54, 1.807) is 0 Å². The number of nitrogens with zero attached hydrogens (tertiary/aromatic N) is 2. The number of carbonyl (C=O) groups excluding carboxylic acids is 1. The van der Waals surface area contributed by atoms with Crippen LogP contribution in [0.4, 0.5) is 0 Å². The maximum absolute atomic E-state index is 13.2. The first-order valence-corrected chi connectivity index (χ1v) is 10.6. The predicted octanol–water partition coefficient (Wildman–Crippen LogP) is 5.11. The maximum Gasteiger partial charge on any atom is 0.255 e. The van der Waals surface area contributed by atoms with E-state index in [0.29, 0.717) is 18.7 Å². The number of aryl methyl sites for hydroxylation is 1. The minimum Gasteiger partial charge on any atom is -0.351 e. The number of rotatable bonds is 7. The molecule has 0 unspecified atom stereocenters. The summed E-state index contributed by atoms with van der Waals surface area (Å²) in [6.45, 7) is 5.03. The van der Waals surface area contributed by atoms with Gasteiger partial charge in [-0.2, -0.15) is 5.10 Å². The van der Waals surface area contributed by atoms with E-state index < -0.39 is 0 Å². The lowest BCUT2D eigenvalue weighted by Crippen LogP contribution is -2.29. The lowest BCUT2D eigenvalue weighted by atomic mass is 9.91. The summed E-state index contributed by atoms with van der Waals surface area (Å²) in [4.78, 5) is 13.2. The molecular weight excluding hydrogens is 382 g/mol. The fourth-order valence-electron chi connectivity index (χ4n) is 4.02. The molecule has 0 atom stereocenters. The van der Waals surface area contributed by atoms with Crippen LogP contribution in [0, 0.1) is 13.8 Å². The number of benzene rings is 3. The van der Waals surface area contributed by atoms with Crippen LogP contribution in [0.3, 0.4) is 0 Å². The Bertz CT molecular complexity index is 1100. The van der Waals surface area contributed by atoms with Crippen LogP contribution in [0.15, 0.2) is 91.0 Å². The van der Waals surface area contributed by atoms with Crippen molar-refractivity contribution in [3.05, 3.63) is 125 Å². The van der Waals surface area contributed by atoms with Gasteiger partial charge in [0.15, 0.2) is 0 Å². The van der Waals surface area contributed by atoms with E-state index in [1.807, 2.05) is 73.1 Å². The molecular formula is C27H27N3O. The Morgan fingerprint density at radius 3 is 1.90 bits per heavy atom. The van der Waals surface area contributed by atoms with Gasteiger partial charge in [-0.3, -0.25) is 9.48 Å². The third kappa shape index (κ3) is 4.75. The third-order valence-corrected chi connectivity index (χ3v) is 5.65. The average Bonchev–Trinajstić information content (AvgIpc) is 3.08. The highest BCUT2D eigenvalue weighted by Gasteiger charge is 2.21. The van der Waals surface area contributed by atoms with E-state index in [2.05, 4.69) is 46.8 Å². The molecule has 0 spiro atoms. The monoisotopic (exact) mass is 409 g/mol. The first-order chi connectivity index (χ1) is 15.1. The molecule has 0 fully saturated rings.